The van der Waals surface area contributed by atoms with Crippen LogP contribution in [0.4, 0.5) is 0 Å². The Bertz CT molecular complexity index is 216. The zero-order valence-corrected chi connectivity index (χ0v) is 11.7. The van der Waals surface area contributed by atoms with E-state index in [1.807, 2.05) is 0 Å². The molecule has 1 aliphatic rings. The summed E-state index contributed by atoms with van der Waals surface area (Å²) >= 11 is 7.21. The van der Waals surface area contributed by atoms with Crippen LogP contribution in [0.3, 0.4) is 0 Å². The molecule has 0 saturated carbocycles. The van der Waals surface area contributed by atoms with Crippen LogP contribution in [0.25, 0.3) is 0 Å². The molecule has 1 rings (SSSR count). The molecule has 0 fully saturated rings. The van der Waals surface area contributed by atoms with E-state index in [9.17, 15) is 0 Å². The molecule has 0 aromatic carbocycles. The molecule has 80 valence electrons. The molecule has 0 nitrogen and oxygen atoms in total. The largest absolute Gasteiger partial charge is 0.0834 e. The van der Waals surface area contributed by atoms with E-state index in [2.05, 4.69) is 44.0 Å². The third-order valence-corrected chi connectivity index (χ3v) is 4.64. The summed E-state index contributed by atoms with van der Waals surface area (Å²) in [7, 11) is 0. The number of allylic oxidation sites excluding steroid dienone is 4. The maximum Gasteiger partial charge on any atom is 0.0273 e. The van der Waals surface area contributed by atoms with Crippen molar-refractivity contribution in [1.82, 2.24) is 0 Å². The minimum atomic E-state index is 1.17. The van der Waals surface area contributed by atoms with Crippen LogP contribution in [0.2, 0.25) is 0 Å². The third-order valence-electron chi connectivity index (χ3n) is 2.54. The summed E-state index contributed by atoms with van der Waals surface area (Å²) in [5.41, 5.74) is 0. The fourth-order valence-electron chi connectivity index (χ4n) is 1.65. The maximum absolute atomic E-state index is 3.63. The highest BCUT2D eigenvalue weighted by Gasteiger charge is 1.99. The standard InChI is InChI=1S/C12H18Br2/c13-11-9-7-5-3-1-2-4-6-8-10-12(11)14/h7,9H,1-6,8,10H2/b9-7-,12-11+. The zero-order chi connectivity index (χ0) is 10.2. The Balaban J connectivity index is 2.50. The Hall–Kier alpha value is 0.440. The summed E-state index contributed by atoms with van der Waals surface area (Å²) in [4.78, 5) is 0. The molecule has 0 spiro atoms. The average molecular weight is 322 g/mol. The van der Waals surface area contributed by atoms with Gasteiger partial charge in [-0.1, -0.05) is 53.8 Å². The van der Waals surface area contributed by atoms with Gasteiger partial charge in [0.2, 0.25) is 0 Å². The lowest BCUT2D eigenvalue weighted by Crippen LogP contribution is -1.83. The molecule has 0 aromatic heterocycles. The molecule has 0 aliphatic heterocycles. The highest BCUT2D eigenvalue weighted by molar-refractivity contribution is 9.14. The molecule has 0 aromatic rings. The summed E-state index contributed by atoms with van der Waals surface area (Å²) in [6, 6.07) is 0. The summed E-state index contributed by atoms with van der Waals surface area (Å²) in [6.45, 7) is 0. The van der Waals surface area contributed by atoms with Crippen molar-refractivity contribution in [1.29, 1.82) is 0 Å². The Labute approximate surface area is 104 Å². The van der Waals surface area contributed by atoms with Gasteiger partial charge in [-0.15, -0.1) is 0 Å². The Morgan fingerprint density at radius 2 is 1.50 bits per heavy atom. The molecular weight excluding hydrogens is 304 g/mol. The number of halogens is 2. The number of hydrogen-bond donors (Lipinski definition) is 0. The molecule has 0 saturated heterocycles. The van der Waals surface area contributed by atoms with Gasteiger partial charge in [0, 0.05) is 8.96 Å². The van der Waals surface area contributed by atoms with Gasteiger partial charge in [0.25, 0.3) is 0 Å². The second-order valence-corrected chi connectivity index (χ2v) is 5.63. The first-order valence-electron chi connectivity index (χ1n) is 5.51. The Morgan fingerprint density at radius 1 is 0.857 bits per heavy atom. The summed E-state index contributed by atoms with van der Waals surface area (Å²) in [6.07, 6.45) is 15.1. The summed E-state index contributed by atoms with van der Waals surface area (Å²) < 4.78 is 2.53. The van der Waals surface area contributed by atoms with E-state index in [4.69, 9.17) is 0 Å². The lowest BCUT2D eigenvalue weighted by atomic mass is 10.1. The monoisotopic (exact) mass is 320 g/mol. The van der Waals surface area contributed by atoms with Gasteiger partial charge in [0.05, 0.1) is 0 Å². The highest BCUT2D eigenvalue weighted by atomic mass is 79.9. The maximum atomic E-state index is 3.63. The van der Waals surface area contributed by atoms with Gasteiger partial charge in [0.1, 0.15) is 0 Å². The van der Waals surface area contributed by atoms with Crippen LogP contribution in [0.1, 0.15) is 51.4 Å². The lowest BCUT2D eigenvalue weighted by molar-refractivity contribution is 0.598. The minimum Gasteiger partial charge on any atom is -0.0834 e. The molecule has 0 bridgehead atoms. The Kier molecular flexibility index (Phi) is 6.88. The van der Waals surface area contributed by atoms with Gasteiger partial charge < -0.3 is 0 Å². The van der Waals surface area contributed by atoms with Crippen molar-refractivity contribution in [2.45, 2.75) is 51.4 Å². The van der Waals surface area contributed by atoms with E-state index in [0.717, 1.165) is 0 Å². The Morgan fingerprint density at radius 3 is 2.29 bits per heavy atom. The molecule has 0 heterocycles. The van der Waals surface area contributed by atoms with Crippen molar-refractivity contribution in [3.05, 3.63) is 21.1 Å². The van der Waals surface area contributed by atoms with E-state index in [0.29, 0.717) is 0 Å². The van der Waals surface area contributed by atoms with Crippen LogP contribution in [0.5, 0.6) is 0 Å². The molecule has 0 atom stereocenters. The van der Waals surface area contributed by atoms with Crippen LogP contribution in [-0.2, 0) is 0 Å². The highest BCUT2D eigenvalue weighted by Crippen LogP contribution is 2.25. The SMILES string of the molecule is BrC1=C(/Br)CCCCCCCC/C=C\1. The zero-order valence-electron chi connectivity index (χ0n) is 8.57. The van der Waals surface area contributed by atoms with Crippen LogP contribution < -0.4 is 0 Å². The van der Waals surface area contributed by atoms with Crippen molar-refractivity contribution < 1.29 is 0 Å². The van der Waals surface area contributed by atoms with Crippen molar-refractivity contribution in [3.8, 4) is 0 Å². The van der Waals surface area contributed by atoms with Crippen molar-refractivity contribution in [2.24, 2.45) is 0 Å². The second kappa shape index (κ2) is 7.70. The van der Waals surface area contributed by atoms with Crippen molar-refractivity contribution >= 4 is 31.9 Å². The molecule has 0 amide bonds. The van der Waals surface area contributed by atoms with Gasteiger partial charge in [-0.25, -0.2) is 0 Å². The van der Waals surface area contributed by atoms with Crippen molar-refractivity contribution in [3.63, 3.8) is 0 Å². The van der Waals surface area contributed by atoms with Gasteiger partial charge >= 0.3 is 0 Å². The lowest BCUT2D eigenvalue weighted by Gasteiger charge is -2.04. The van der Waals surface area contributed by atoms with E-state index < -0.39 is 0 Å². The molecular formula is C12H18Br2. The van der Waals surface area contributed by atoms with Crippen molar-refractivity contribution in [2.75, 3.05) is 0 Å². The fourth-order valence-corrected chi connectivity index (χ4v) is 2.44. The topological polar surface area (TPSA) is 0 Å². The normalized spacial score (nSPS) is 29.0. The average Bonchev–Trinajstić information content (AvgIpc) is 2.18. The molecule has 0 radical (unpaired) electrons. The van der Waals surface area contributed by atoms with Gasteiger partial charge in [-0.3, -0.25) is 0 Å². The van der Waals surface area contributed by atoms with Crippen LogP contribution in [0.15, 0.2) is 21.1 Å². The van der Waals surface area contributed by atoms with E-state index >= 15 is 0 Å². The van der Waals surface area contributed by atoms with Crippen LogP contribution >= 0.6 is 31.9 Å². The predicted molar refractivity (Wildman–Crippen MR) is 71.0 cm³/mol. The number of hydrogen-bond acceptors (Lipinski definition) is 0. The third kappa shape index (κ3) is 5.35. The second-order valence-electron chi connectivity index (χ2n) is 3.82. The molecule has 0 N–H and O–H groups in total. The molecule has 0 unspecified atom stereocenters. The molecule has 14 heavy (non-hydrogen) atoms. The van der Waals surface area contributed by atoms with E-state index in [-0.39, 0.29) is 0 Å². The fraction of sp³-hybridized carbons (Fsp3) is 0.667. The first-order valence-corrected chi connectivity index (χ1v) is 7.10. The van der Waals surface area contributed by atoms with E-state index in [1.54, 1.807) is 0 Å². The predicted octanol–water partition coefficient (Wildman–Crippen LogP) is 5.68. The van der Waals surface area contributed by atoms with Crippen LogP contribution in [-0.4, -0.2) is 0 Å². The minimum absolute atomic E-state index is 1.17. The molecule has 1 aliphatic carbocycles. The summed E-state index contributed by atoms with van der Waals surface area (Å²) in [5.74, 6) is 0. The number of rotatable bonds is 0. The quantitative estimate of drug-likeness (QED) is 0.538. The van der Waals surface area contributed by atoms with Gasteiger partial charge in [0.15, 0.2) is 0 Å². The molecule has 2 heteroatoms. The van der Waals surface area contributed by atoms with Gasteiger partial charge in [-0.2, -0.15) is 0 Å². The van der Waals surface area contributed by atoms with E-state index in [1.165, 1.54) is 60.3 Å². The van der Waals surface area contributed by atoms with Crippen LogP contribution in [0, 0.1) is 0 Å². The summed E-state index contributed by atoms with van der Waals surface area (Å²) in [5, 5.41) is 0. The first-order chi connectivity index (χ1) is 6.80. The smallest absolute Gasteiger partial charge is 0.0273 e. The van der Waals surface area contributed by atoms with Gasteiger partial charge in [-0.05, 0) is 41.6 Å². The first kappa shape index (κ1) is 12.5.